The Morgan fingerprint density at radius 1 is 1.42 bits per heavy atom. The normalized spacial score (nSPS) is 10.9. The lowest BCUT2D eigenvalue weighted by Crippen LogP contribution is -2.16. The van der Waals surface area contributed by atoms with Crippen molar-refractivity contribution in [1.82, 2.24) is 9.55 Å². The van der Waals surface area contributed by atoms with Crippen molar-refractivity contribution in [3.63, 3.8) is 0 Å². The van der Waals surface area contributed by atoms with Crippen molar-refractivity contribution < 1.29 is 14.6 Å². The summed E-state index contributed by atoms with van der Waals surface area (Å²) in [4.78, 5) is 15.6. The molecule has 0 aliphatic rings. The molecule has 0 spiro atoms. The van der Waals surface area contributed by atoms with Gasteiger partial charge in [-0.2, -0.15) is 0 Å². The van der Waals surface area contributed by atoms with Crippen molar-refractivity contribution in [2.45, 2.75) is 0 Å². The molecule has 6 nitrogen and oxygen atoms in total. The molecule has 0 aliphatic carbocycles. The van der Waals surface area contributed by atoms with E-state index < -0.39 is 0 Å². The Balaban J connectivity index is 2.54. The van der Waals surface area contributed by atoms with E-state index >= 15 is 0 Å². The maximum absolute atomic E-state index is 11.6. The smallest absolute Gasteiger partial charge is 0.254 e. The largest absolute Gasteiger partial charge is 0.505 e. The van der Waals surface area contributed by atoms with E-state index in [0.717, 1.165) is 6.07 Å². The lowest BCUT2D eigenvalue weighted by atomic mass is 10.3. The standard InChI is InChI=1S/C12H13ClN2O4/c1-15-7-5-9(19-4-3-18-2)12(13)14-11(7)8(16)6-10(15)17/h5-6,16H,3-4H2,1-2H3. The first-order chi connectivity index (χ1) is 9.04. The van der Waals surface area contributed by atoms with E-state index in [1.807, 2.05) is 0 Å². The molecule has 2 heterocycles. The summed E-state index contributed by atoms with van der Waals surface area (Å²) < 4.78 is 11.6. The number of aromatic hydroxyl groups is 1. The van der Waals surface area contributed by atoms with Crippen LogP contribution in [0.4, 0.5) is 0 Å². The van der Waals surface area contributed by atoms with Gasteiger partial charge in [0.25, 0.3) is 5.56 Å². The third-order valence-corrected chi connectivity index (χ3v) is 2.93. The molecule has 2 aromatic rings. The topological polar surface area (TPSA) is 73.6 Å². The molecule has 0 saturated heterocycles. The van der Waals surface area contributed by atoms with E-state index in [1.165, 1.54) is 4.57 Å². The molecule has 1 N–H and O–H groups in total. The van der Waals surface area contributed by atoms with Crippen LogP contribution in [0.2, 0.25) is 5.15 Å². The van der Waals surface area contributed by atoms with Crippen molar-refractivity contribution in [1.29, 1.82) is 0 Å². The number of aromatic nitrogens is 2. The number of aryl methyl sites for hydroxylation is 1. The summed E-state index contributed by atoms with van der Waals surface area (Å²) in [7, 11) is 3.14. The van der Waals surface area contributed by atoms with E-state index in [0.29, 0.717) is 24.5 Å². The van der Waals surface area contributed by atoms with Crippen LogP contribution < -0.4 is 10.3 Å². The summed E-state index contributed by atoms with van der Waals surface area (Å²) in [5, 5.41) is 9.83. The number of fused-ring (bicyclic) bond motifs is 1. The molecule has 19 heavy (non-hydrogen) atoms. The molecule has 0 bridgehead atoms. The summed E-state index contributed by atoms with van der Waals surface area (Å²) in [6.45, 7) is 0.726. The highest BCUT2D eigenvalue weighted by molar-refractivity contribution is 6.31. The number of hydrogen-bond donors (Lipinski definition) is 1. The third kappa shape index (κ3) is 2.64. The number of nitrogens with zero attached hydrogens (tertiary/aromatic N) is 2. The van der Waals surface area contributed by atoms with Gasteiger partial charge >= 0.3 is 0 Å². The van der Waals surface area contributed by atoms with E-state index in [9.17, 15) is 9.90 Å². The molecular formula is C12H13ClN2O4. The molecule has 102 valence electrons. The molecule has 0 saturated carbocycles. The molecule has 0 aromatic carbocycles. The second-order valence-electron chi connectivity index (χ2n) is 3.91. The van der Waals surface area contributed by atoms with Gasteiger partial charge in [-0.1, -0.05) is 11.6 Å². The van der Waals surface area contributed by atoms with Crippen LogP contribution in [0.3, 0.4) is 0 Å². The highest BCUT2D eigenvalue weighted by Gasteiger charge is 2.12. The van der Waals surface area contributed by atoms with Gasteiger partial charge < -0.3 is 19.1 Å². The number of rotatable bonds is 4. The van der Waals surface area contributed by atoms with Crippen LogP contribution in [0.25, 0.3) is 11.0 Å². The SMILES string of the molecule is COCCOc1cc2c(nc1Cl)c(O)cc(=O)n2C. The zero-order valence-electron chi connectivity index (χ0n) is 10.5. The second kappa shape index (κ2) is 5.46. The van der Waals surface area contributed by atoms with Gasteiger partial charge in [-0.3, -0.25) is 4.79 Å². The predicted octanol–water partition coefficient (Wildman–Crippen LogP) is 1.32. The van der Waals surface area contributed by atoms with Gasteiger partial charge in [0.2, 0.25) is 0 Å². The Labute approximate surface area is 114 Å². The fourth-order valence-electron chi connectivity index (χ4n) is 1.64. The van der Waals surface area contributed by atoms with Crippen LogP contribution in [0, 0.1) is 0 Å². The van der Waals surface area contributed by atoms with Crippen LogP contribution in [0.15, 0.2) is 16.9 Å². The van der Waals surface area contributed by atoms with E-state index in [1.54, 1.807) is 20.2 Å². The maximum Gasteiger partial charge on any atom is 0.254 e. The van der Waals surface area contributed by atoms with Crippen LogP contribution in [0.5, 0.6) is 11.5 Å². The maximum atomic E-state index is 11.6. The fourth-order valence-corrected chi connectivity index (χ4v) is 1.84. The van der Waals surface area contributed by atoms with Crippen molar-refractivity contribution in [3.05, 3.63) is 27.6 Å². The Morgan fingerprint density at radius 2 is 2.16 bits per heavy atom. The summed E-state index contributed by atoms with van der Waals surface area (Å²) >= 11 is 5.97. The Hall–Kier alpha value is -1.79. The molecule has 0 aliphatic heterocycles. The first-order valence-electron chi connectivity index (χ1n) is 5.55. The molecule has 2 aromatic heterocycles. The van der Waals surface area contributed by atoms with Gasteiger partial charge in [-0.05, 0) is 0 Å². The number of pyridine rings is 2. The van der Waals surface area contributed by atoms with Gasteiger partial charge in [0.1, 0.15) is 17.9 Å². The molecule has 0 amide bonds. The molecule has 7 heteroatoms. The second-order valence-corrected chi connectivity index (χ2v) is 4.27. The molecule has 0 fully saturated rings. The van der Waals surface area contributed by atoms with Crippen molar-refractivity contribution >= 4 is 22.6 Å². The number of halogens is 1. The Bertz CT molecular complexity index is 669. The predicted molar refractivity (Wildman–Crippen MR) is 71.0 cm³/mol. The monoisotopic (exact) mass is 284 g/mol. The van der Waals surface area contributed by atoms with Crippen LogP contribution in [0.1, 0.15) is 0 Å². The van der Waals surface area contributed by atoms with E-state index in [2.05, 4.69) is 4.98 Å². The van der Waals surface area contributed by atoms with Gasteiger partial charge in [-0.15, -0.1) is 0 Å². The summed E-state index contributed by atoms with van der Waals surface area (Å²) in [5.41, 5.74) is 0.366. The average Bonchev–Trinajstić information content (AvgIpc) is 2.38. The minimum absolute atomic E-state index is 0.123. The lowest BCUT2D eigenvalue weighted by molar-refractivity contribution is 0.146. The summed E-state index contributed by atoms with van der Waals surface area (Å²) in [6, 6.07) is 2.67. The molecule has 0 radical (unpaired) electrons. The van der Waals surface area contributed by atoms with E-state index in [4.69, 9.17) is 21.1 Å². The fraction of sp³-hybridized carbons (Fsp3) is 0.333. The van der Waals surface area contributed by atoms with Crippen LogP contribution >= 0.6 is 11.6 Å². The van der Waals surface area contributed by atoms with Gasteiger partial charge in [0.15, 0.2) is 10.9 Å². The molecule has 0 unspecified atom stereocenters. The minimum Gasteiger partial charge on any atom is -0.505 e. The third-order valence-electron chi connectivity index (χ3n) is 2.66. The van der Waals surface area contributed by atoms with E-state index in [-0.39, 0.29) is 22.0 Å². The highest BCUT2D eigenvalue weighted by Crippen LogP contribution is 2.29. The Kier molecular flexibility index (Phi) is 3.92. The van der Waals surface area contributed by atoms with Crippen molar-refractivity contribution in [3.8, 4) is 11.5 Å². The lowest BCUT2D eigenvalue weighted by Gasteiger charge is -2.11. The van der Waals surface area contributed by atoms with Crippen molar-refractivity contribution in [2.75, 3.05) is 20.3 Å². The summed E-state index contributed by atoms with van der Waals surface area (Å²) in [5.74, 6) is 0.134. The minimum atomic E-state index is -0.336. The Morgan fingerprint density at radius 3 is 2.84 bits per heavy atom. The van der Waals surface area contributed by atoms with Gasteiger partial charge in [-0.25, -0.2) is 4.98 Å². The molecule has 0 atom stereocenters. The zero-order valence-corrected chi connectivity index (χ0v) is 11.3. The number of methoxy groups -OCH3 is 1. The van der Waals surface area contributed by atoms with Crippen LogP contribution in [-0.2, 0) is 11.8 Å². The summed E-state index contributed by atoms with van der Waals surface area (Å²) in [6.07, 6.45) is 0. The first kappa shape index (κ1) is 13.6. The molecular weight excluding hydrogens is 272 g/mol. The van der Waals surface area contributed by atoms with Crippen molar-refractivity contribution in [2.24, 2.45) is 7.05 Å². The number of hydrogen-bond acceptors (Lipinski definition) is 5. The zero-order chi connectivity index (χ0) is 14.0. The quantitative estimate of drug-likeness (QED) is 0.677. The average molecular weight is 285 g/mol. The van der Waals surface area contributed by atoms with Gasteiger partial charge in [0, 0.05) is 26.3 Å². The van der Waals surface area contributed by atoms with Gasteiger partial charge in [0.05, 0.1) is 12.1 Å². The van der Waals surface area contributed by atoms with Crippen LogP contribution in [-0.4, -0.2) is 35.0 Å². The molecule has 2 rings (SSSR count). The highest BCUT2D eigenvalue weighted by atomic mass is 35.5. The number of ether oxygens (including phenoxy) is 2. The first-order valence-corrected chi connectivity index (χ1v) is 5.93.